The van der Waals surface area contributed by atoms with Crippen LogP contribution in [0, 0.1) is 6.92 Å². The van der Waals surface area contributed by atoms with E-state index in [4.69, 9.17) is 14.5 Å². The number of carbonyl (C=O) groups excluding carboxylic acids is 2. The van der Waals surface area contributed by atoms with Crippen molar-refractivity contribution in [2.45, 2.75) is 6.92 Å². The van der Waals surface area contributed by atoms with E-state index in [1.807, 2.05) is 61.5 Å². The molecule has 0 atom stereocenters. The van der Waals surface area contributed by atoms with E-state index in [0.29, 0.717) is 27.7 Å². The van der Waals surface area contributed by atoms with E-state index in [1.54, 1.807) is 25.3 Å². The maximum atomic E-state index is 13.0. The van der Waals surface area contributed by atoms with Gasteiger partial charge in [0.2, 0.25) is 0 Å². The van der Waals surface area contributed by atoms with Gasteiger partial charge in [-0.1, -0.05) is 45.8 Å². The number of methoxy groups -OCH3 is 1. The fraction of sp³-hybridized carbons (Fsp3) is 0.115. The summed E-state index contributed by atoms with van der Waals surface area (Å²) in [4.78, 5) is 30.2. The van der Waals surface area contributed by atoms with E-state index in [1.165, 1.54) is 0 Å². The van der Waals surface area contributed by atoms with Crippen molar-refractivity contribution in [3.05, 3.63) is 94.0 Å². The van der Waals surface area contributed by atoms with Crippen LogP contribution in [0.3, 0.4) is 0 Å². The molecular weight excluding hydrogens is 470 g/mol. The van der Waals surface area contributed by atoms with E-state index < -0.39 is 5.97 Å². The molecule has 0 unspecified atom stereocenters. The van der Waals surface area contributed by atoms with Crippen molar-refractivity contribution in [2.24, 2.45) is 0 Å². The Kier molecular flexibility index (Phi) is 6.32. The van der Waals surface area contributed by atoms with Crippen molar-refractivity contribution < 1.29 is 19.1 Å². The fourth-order valence-electron chi connectivity index (χ4n) is 3.31. The van der Waals surface area contributed by atoms with Crippen molar-refractivity contribution in [2.75, 3.05) is 13.7 Å². The number of carbonyl (C=O) groups is 2. The SMILES string of the molecule is COc1ccc(-c2cc(C(=O)OCC(=O)c3ccc(C)cc3)c3cc(Br)ccc3n2)cc1. The summed E-state index contributed by atoms with van der Waals surface area (Å²) in [5.41, 5.74) is 4.01. The third-order valence-electron chi connectivity index (χ3n) is 5.08. The van der Waals surface area contributed by atoms with Crippen LogP contribution < -0.4 is 4.74 Å². The van der Waals surface area contributed by atoms with Crippen LogP contribution in [0.2, 0.25) is 0 Å². The number of ketones is 1. The number of hydrogen-bond acceptors (Lipinski definition) is 5. The summed E-state index contributed by atoms with van der Waals surface area (Å²) >= 11 is 3.45. The zero-order valence-electron chi connectivity index (χ0n) is 17.6. The Morgan fingerprint density at radius 2 is 1.66 bits per heavy atom. The van der Waals surface area contributed by atoms with Gasteiger partial charge in [-0.2, -0.15) is 0 Å². The summed E-state index contributed by atoms with van der Waals surface area (Å²) in [6.45, 7) is 1.61. The molecule has 3 aromatic carbocycles. The molecular formula is C26H20BrNO4. The molecule has 4 rings (SSSR count). The van der Waals surface area contributed by atoms with Crippen LogP contribution in [-0.4, -0.2) is 30.5 Å². The van der Waals surface area contributed by atoms with Crippen LogP contribution in [0.25, 0.3) is 22.2 Å². The van der Waals surface area contributed by atoms with Crippen LogP contribution in [0.4, 0.5) is 0 Å². The van der Waals surface area contributed by atoms with Gasteiger partial charge in [-0.25, -0.2) is 9.78 Å². The highest BCUT2D eigenvalue weighted by Crippen LogP contribution is 2.28. The van der Waals surface area contributed by atoms with Gasteiger partial charge >= 0.3 is 5.97 Å². The third-order valence-corrected chi connectivity index (χ3v) is 5.58. The van der Waals surface area contributed by atoms with Gasteiger partial charge in [-0.3, -0.25) is 4.79 Å². The van der Waals surface area contributed by atoms with Gasteiger partial charge in [0, 0.05) is 21.0 Å². The predicted octanol–water partition coefficient (Wildman–Crippen LogP) is 6.02. The summed E-state index contributed by atoms with van der Waals surface area (Å²) in [5, 5.41) is 0.643. The normalized spacial score (nSPS) is 10.7. The lowest BCUT2D eigenvalue weighted by molar-refractivity contribution is 0.0476. The van der Waals surface area contributed by atoms with E-state index in [-0.39, 0.29) is 12.4 Å². The lowest BCUT2D eigenvalue weighted by atomic mass is 10.0. The summed E-state index contributed by atoms with van der Waals surface area (Å²) in [5.74, 6) is -0.105. The van der Waals surface area contributed by atoms with Crippen LogP contribution in [0.15, 0.2) is 77.3 Å². The Labute approximate surface area is 194 Å². The molecule has 6 heteroatoms. The topological polar surface area (TPSA) is 65.5 Å². The molecule has 4 aromatic rings. The number of ether oxygens (including phenoxy) is 2. The zero-order valence-corrected chi connectivity index (χ0v) is 19.2. The molecule has 1 heterocycles. The quantitative estimate of drug-likeness (QED) is 0.244. The Morgan fingerprint density at radius 3 is 2.34 bits per heavy atom. The van der Waals surface area contributed by atoms with E-state index in [9.17, 15) is 9.59 Å². The first-order chi connectivity index (χ1) is 15.4. The highest BCUT2D eigenvalue weighted by molar-refractivity contribution is 9.10. The standard InChI is InChI=1S/C26H20BrNO4/c1-16-3-5-18(6-4-16)25(29)15-32-26(30)22-14-24(17-7-10-20(31-2)11-8-17)28-23-12-9-19(27)13-21(22)23/h3-14H,15H2,1-2H3. The maximum Gasteiger partial charge on any atom is 0.339 e. The van der Waals surface area contributed by atoms with Crippen LogP contribution in [0.1, 0.15) is 26.3 Å². The zero-order chi connectivity index (χ0) is 22.7. The molecule has 0 aliphatic rings. The lowest BCUT2D eigenvalue weighted by Gasteiger charge is -2.11. The first kappa shape index (κ1) is 21.7. The van der Waals surface area contributed by atoms with Crippen molar-refractivity contribution in [1.29, 1.82) is 0 Å². The molecule has 0 saturated heterocycles. The number of nitrogens with zero attached hydrogens (tertiary/aromatic N) is 1. The maximum absolute atomic E-state index is 13.0. The molecule has 0 aliphatic carbocycles. The summed E-state index contributed by atoms with van der Waals surface area (Å²) in [7, 11) is 1.60. The lowest BCUT2D eigenvalue weighted by Crippen LogP contribution is -2.15. The largest absolute Gasteiger partial charge is 0.497 e. The van der Waals surface area contributed by atoms with Gasteiger partial charge in [-0.05, 0) is 55.5 Å². The van der Waals surface area contributed by atoms with Gasteiger partial charge < -0.3 is 9.47 Å². The number of aryl methyl sites for hydroxylation is 1. The first-order valence-electron chi connectivity index (χ1n) is 9.96. The fourth-order valence-corrected chi connectivity index (χ4v) is 3.67. The molecule has 0 spiro atoms. The predicted molar refractivity (Wildman–Crippen MR) is 127 cm³/mol. The summed E-state index contributed by atoms with van der Waals surface area (Å²) in [6.07, 6.45) is 0. The van der Waals surface area contributed by atoms with E-state index in [2.05, 4.69) is 15.9 Å². The molecule has 0 fully saturated rings. The summed E-state index contributed by atoms with van der Waals surface area (Å²) < 4.78 is 11.4. The third kappa shape index (κ3) is 4.70. The van der Waals surface area contributed by atoms with Crippen LogP contribution in [0.5, 0.6) is 5.75 Å². The Morgan fingerprint density at radius 1 is 0.938 bits per heavy atom. The van der Waals surface area contributed by atoms with E-state index in [0.717, 1.165) is 21.3 Å². The van der Waals surface area contributed by atoms with Crippen molar-refractivity contribution in [3.63, 3.8) is 0 Å². The van der Waals surface area contributed by atoms with Gasteiger partial charge in [0.05, 0.1) is 23.9 Å². The Hall–Kier alpha value is -3.51. The minimum Gasteiger partial charge on any atom is -0.497 e. The number of aromatic nitrogens is 1. The van der Waals surface area contributed by atoms with Gasteiger partial charge in [-0.15, -0.1) is 0 Å². The number of Topliss-reactive ketones (excluding diaryl/α,β-unsaturated/α-hetero) is 1. The average Bonchev–Trinajstić information content (AvgIpc) is 2.82. The number of pyridine rings is 1. The van der Waals surface area contributed by atoms with Crippen molar-refractivity contribution in [3.8, 4) is 17.0 Å². The van der Waals surface area contributed by atoms with Crippen molar-refractivity contribution >= 4 is 38.6 Å². The molecule has 32 heavy (non-hydrogen) atoms. The Bertz CT molecular complexity index is 1300. The second kappa shape index (κ2) is 9.32. The number of fused-ring (bicyclic) bond motifs is 1. The second-order valence-electron chi connectivity index (χ2n) is 7.31. The number of halogens is 1. The molecule has 0 N–H and O–H groups in total. The second-order valence-corrected chi connectivity index (χ2v) is 8.23. The Balaban J connectivity index is 1.66. The number of rotatable bonds is 6. The number of hydrogen-bond donors (Lipinski definition) is 0. The van der Waals surface area contributed by atoms with Gasteiger partial charge in [0.25, 0.3) is 0 Å². The molecule has 1 aromatic heterocycles. The molecule has 5 nitrogen and oxygen atoms in total. The summed E-state index contributed by atoms with van der Waals surface area (Å²) in [6, 6.07) is 21.8. The molecule has 160 valence electrons. The average molecular weight is 490 g/mol. The molecule has 0 bridgehead atoms. The minimum atomic E-state index is -0.578. The molecule has 0 radical (unpaired) electrons. The smallest absolute Gasteiger partial charge is 0.339 e. The number of esters is 1. The van der Waals surface area contributed by atoms with Crippen molar-refractivity contribution in [1.82, 2.24) is 4.98 Å². The first-order valence-corrected chi connectivity index (χ1v) is 10.8. The molecule has 0 amide bonds. The highest BCUT2D eigenvalue weighted by atomic mass is 79.9. The van der Waals surface area contributed by atoms with Crippen LogP contribution >= 0.6 is 15.9 Å². The minimum absolute atomic E-state index is 0.256. The highest BCUT2D eigenvalue weighted by Gasteiger charge is 2.18. The van der Waals surface area contributed by atoms with E-state index >= 15 is 0 Å². The number of benzene rings is 3. The van der Waals surface area contributed by atoms with Gasteiger partial charge in [0.15, 0.2) is 12.4 Å². The van der Waals surface area contributed by atoms with Crippen LogP contribution in [-0.2, 0) is 4.74 Å². The monoisotopic (exact) mass is 489 g/mol. The van der Waals surface area contributed by atoms with Gasteiger partial charge in [0.1, 0.15) is 5.75 Å². The molecule has 0 aliphatic heterocycles. The molecule has 0 saturated carbocycles.